The van der Waals surface area contributed by atoms with Crippen LogP contribution in [-0.2, 0) is 23.1 Å². The van der Waals surface area contributed by atoms with Crippen LogP contribution in [0.25, 0.3) is 0 Å². The number of rotatable bonds is 10. The summed E-state index contributed by atoms with van der Waals surface area (Å²) in [6, 6.07) is 7.03. The number of aromatic nitrogens is 1. The van der Waals surface area contributed by atoms with Crippen LogP contribution < -0.4 is 10.9 Å². The molecule has 0 aliphatic heterocycles. The molecule has 0 saturated carbocycles. The molecule has 2 rings (SSSR count). The highest BCUT2D eigenvalue weighted by molar-refractivity contribution is 6.03. The normalized spacial score (nSPS) is 13.9. The average Bonchev–Trinajstić information content (AvgIpc) is 2.75. The molecule has 0 saturated heterocycles. The molecule has 0 aliphatic carbocycles. The number of aryl methyl sites for hydroxylation is 3. The van der Waals surface area contributed by atoms with Crippen LogP contribution in [0.15, 0.2) is 40.2 Å². The van der Waals surface area contributed by atoms with Crippen molar-refractivity contribution < 1.29 is 14.6 Å². The largest absolute Gasteiger partial charge is 0.464 e. The van der Waals surface area contributed by atoms with Crippen molar-refractivity contribution in [1.82, 2.24) is 9.88 Å². The minimum absolute atomic E-state index is 0.0179. The fraction of sp³-hybridized carbons (Fsp3) is 0.519. The van der Waals surface area contributed by atoms with Crippen molar-refractivity contribution in [2.45, 2.75) is 67.2 Å². The molecule has 0 bridgehead atoms. The van der Waals surface area contributed by atoms with E-state index in [4.69, 9.17) is 9.73 Å². The van der Waals surface area contributed by atoms with Gasteiger partial charge in [-0.05, 0) is 55.9 Å². The van der Waals surface area contributed by atoms with Crippen molar-refractivity contribution in [1.29, 1.82) is 0 Å². The first-order chi connectivity index (χ1) is 15.9. The van der Waals surface area contributed by atoms with Gasteiger partial charge in [-0.25, -0.2) is 0 Å². The number of carbonyl (C=O) groups is 1. The molecule has 0 aliphatic rings. The summed E-state index contributed by atoms with van der Waals surface area (Å²) in [7, 11) is 1.75. The Morgan fingerprint density at radius 3 is 2.35 bits per heavy atom. The molecule has 0 spiro atoms. The molecule has 1 aromatic heterocycles. The van der Waals surface area contributed by atoms with E-state index in [9.17, 15) is 14.7 Å². The number of pyridine rings is 1. The molecule has 2 aromatic rings. The molecule has 1 heterocycles. The molecule has 2 atom stereocenters. The lowest BCUT2D eigenvalue weighted by Crippen LogP contribution is -2.45. The number of esters is 1. The summed E-state index contributed by atoms with van der Waals surface area (Å²) >= 11 is 0. The zero-order valence-electron chi connectivity index (χ0n) is 21.7. The summed E-state index contributed by atoms with van der Waals surface area (Å²) in [5.74, 6) is -0.0864. The van der Waals surface area contributed by atoms with Gasteiger partial charge in [0.1, 0.15) is 6.04 Å². The molecular formula is C27H39N3O4. The number of aliphatic hydroxyl groups excluding tert-OH is 1. The van der Waals surface area contributed by atoms with E-state index in [1.165, 1.54) is 0 Å². The smallest absolute Gasteiger partial charge is 0.325 e. The third-order valence-corrected chi connectivity index (χ3v) is 5.54. The van der Waals surface area contributed by atoms with Crippen molar-refractivity contribution in [3.8, 4) is 0 Å². The third-order valence-electron chi connectivity index (χ3n) is 5.54. The molecule has 7 heteroatoms. The molecular weight excluding hydrogens is 430 g/mol. The first-order valence-electron chi connectivity index (χ1n) is 11.8. The predicted molar refractivity (Wildman–Crippen MR) is 137 cm³/mol. The van der Waals surface area contributed by atoms with Gasteiger partial charge in [0, 0.05) is 30.9 Å². The van der Waals surface area contributed by atoms with E-state index in [1.807, 2.05) is 58.2 Å². The van der Waals surface area contributed by atoms with Crippen LogP contribution >= 0.6 is 0 Å². The predicted octanol–water partition coefficient (Wildman–Crippen LogP) is 3.82. The van der Waals surface area contributed by atoms with Gasteiger partial charge < -0.3 is 14.4 Å². The van der Waals surface area contributed by atoms with Gasteiger partial charge in [-0.15, -0.1) is 0 Å². The number of carbonyl (C=O) groups excluding carboxylic acids is 1. The SMILES string of the molecule is Cc1ccc(CN[C@H](C(=O)OCC(C)C)[C@@H](C)O)cc1/N=C(/c1cc(C)c(=O)n(C)c1)C(C)C. The molecule has 1 aromatic carbocycles. The van der Waals surface area contributed by atoms with Crippen LogP contribution in [-0.4, -0.2) is 40.1 Å². The van der Waals surface area contributed by atoms with E-state index in [-0.39, 0.29) is 17.4 Å². The highest BCUT2D eigenvalue weighted by Gasteiger charge is 2.25. The number of hydrogen-bond donors (Lipinski definition) is 2. The number of nitrogens with zero attached hydrogens (tertiary/aromatic N) is 2. The Labute approximate surface area is 202 Å². The summed E-state index contributed by atoms with van der Waals surface area (Å²) in [5, 5.41) is 13.2. The third kappa shape index (κ3) is 7.37. The van der Waals surface area contributed by atoms with E-state index in [0.717, 1.165) is 28.1 Å². The first-order valence-corrected chi connectivity index (χ1v) is 11.8. The fourth-order valence-corrected chi connectivity index (χ4v) is 3.58. The Hall–Kier alpha value is -2.77. The summed E-state index contributed by atoms with van der Waals surface area (Å²) in [5.41, 5.74) is 5.25. The van der Waals surface area contributed by atoms with Crippen molar-refractivity contribution >= 4 is 17.4 Å². The van der Waals surface area contributed by atoms with Crippen molar-refractivity contribution in [2.24, 2.45) is 23.9 Å². The second-order valence-corrected chi connectivity index (χ2v) is 9.72. The van der Waals surface area contributed by atoms with Crippen LogP contribution in [0.1, 0.15) is 56.9 Å². The summed E-state index contributed by atoms with van der Waals surface area (Å²) in [6.45, 7) is 14.2. The lowest BCUT2D eigenvalue weighted by molar-refractivity contribution is -0.150. The van der Waals surface area contributed by atoms with Gasteiger partial charge in [-0.1, -0.05) is 39.8 Å². The van der Waals surface area contributed by atoms with Gasteiger partial charge in [0.2, 0.25) is 0 Å². The van der Waals surface area contributed by atoms with Crippen LogP contribution in [0.2, 0.25) is 0 Å². The van der Waals surface area contributed by atoms with Gasteiger partial charge >= 0.3 is 5.97 Å². The van der Waals surface area contributed by atoms with Gasteiger partial charge in [0.15, 0.2) is 0 Å². The number of benzene rings is 1. The fourth-order valence-electron chi connectivity index (χ4n) is 3.58. The Bertz CT molecular complexity index is 1060. The topological polar surface area (TPSA) is 92.9 Å². The summed E-state index contributed by atoms with van der Waals surface area (Å²) in [6.07, 6.45) is 0.938. The molecule has 34 heavy (non-hydrogen) atoms. The Balaban J connectivity index is 2.31. The maximum absolute atomic E-state index is 12.4. The van der Waals surface area contributed by atoms with Crippen LogP contribution in [0.5, 0.6) is 0 Å². The highest BCUT2D eigenvalue weighted by atomic mass is 16.5. The van der Waals surface area contributed by atoms with Crippen LogP contribution in [0, 0.1) is 25.7 Å². The zero-order chi connectivity index (χ0) is 25.6. The second-order valence-electron chi connectivity index (χ2n) is 9.72. The number of nitrogens with one attached hydrogen (secondary N) is 1. The van der Waals surface area contributed by atoms with E-state index < -0.39 is 18.1 Å². The lowest BCUT2D eigenvalue weighted by atomic mass is 9.99. The van der Waals surface area contributed by atoms with E-state index in [1.54, 1.807) is 18.5 Å². The first kappa shape index (κ1) is 27.5. The summed E-state index contributed by atoms with van der Waals surface area (Å²) < 4.78 is 6.89. The van der Waals surface area contributed by atoms with Gasteiger partial charge in [-0.3, -0.25) is 19.9 Å². The molecule has 0 amide bonds. The second kappa shape index (κ2) is 12.1. The Morgan fingerprint density at radius 2 is 1.79 bits per heavy atom. The number of hydrogen-bond acceptors (Lipinski definition) is 6. The number of aliphatic imine (C=N–C) groups is 1. The highest BCUT2D eigenvalue weighted by Crippen LogP contribution is 2.24. The quantitative estimate of drug-likeness (QED) is 0.408. The maximum Gasteiger partial charge on any atom is 0.325 e. The number of ether oxygens (including phenoxy) is 1. The average molecular weight is 470 g/mol. The van der Waals surface area contributed by atoms with Gasteiger partial charge in [0.05, 0.1) is 24.1 Å². The zero-order valence-corrected chi connectivity index (χ0v) is 21.7. The van der Waals surface area contributed by atoms with Crippen LogP contribution in [0.3, 0.4) is 0 Å². The minimum Gasteiger partial charge on any atom is -0.464 e. The minimum atomic E-state index is -0.886. The standard InChI is InChI=1S/C27H39N3O4/c1-16(2)15-34-27(33)25(20(7)31)28-13-21-10-9-18(5)23(12-21)29-24(17(3)4)22-11-19(6)26(32)30(8)14-22/h9-12,14,16-17,20,25,28,31H,13,15H2,1-8H3/b29-24+/t20-,25+/m1/s1. The lowest BCUT2D eigenvalue weighted by Gasteiger charge is -2.21. The van der Waals surface area contributed by atoms with Crippen LogP contribution in [0.4, 0.5) is 5.69 Å². The van der Waals surface area contributed by atoms with E-state index in [0.29, 0.717) is 18.7 Å². The monoisotopic (exact) mass is 469 g/mol. The molecule has 186 valence electrons. The van der Waals surface area contributed by atoms with E-state index >= 15 is 0 Å². The van der Waals surface area contributed by atoms with Crippen molar-refractivity contribution in [3.05, 3.63) is 63.1 Å². The molecule has 0 fully saturated rings. The molecule has 0 radical (unpaired) electrons. The molecule has 2 N–H and O–H groups in total. The molecule has 0 unspecified atom stereocenters. The Kier molecular flexibility index (Phi) is 9.77. The van der Waals surface area contributed by atoms with Gasteiger partial charge in [0.25, 0.3) is 5.56 Å². The van der Waals surface area contributed by atoms with Crippen molar-refractivity contribution in [3.63, 3.8) is 0 Å². The van der Waals surface area contributed by atoms with E-state index in [2.05, 4.69) is 19.2 Å². The molecule has 7 nitrogen and oxygen atoms in total. The van der Waals surface area contributed by atoms with Crippen molar-refractivity contribution in [2.75, 3.05) is 6.61 Å². The maximum atomic E-state index is 12.4. The summed E-state index contributed by atoms with van der Waals surface area (Å²) in [4.78, 5) is 29.5. The Morgan fingerprint density at radius 1 is 1.12 bits per heavy atom. The van der Waals surface area contributed by atoms with Gasteiger partial charge in [-0.2, -0.15) is 0 Å². The number of aliphatic hydroxyl groups is 1.